The molecule has 0 aromatic rings. The SMILES string of the molecule is CCSCC(=O)C(C)C(=O)OC(C)(C)C. The van der Waals surface area contributed by atoms with Gasteiger partial charge in [0.2, 0.25) is 0 Å². The lowest BCUT2D eigenvalue weighted by Crippen LogP contribution is -2.31. The monoisotopic (exact) mass is 232 g/mol. The van der Waals surface area contributed by atoms with Gasteiger partial charge >= 0.3 is 5.97 Å². The number of ether oxygens (including phenoxy) is 1. The summed E-state index contributed by atoms with van der Waals surface area (Å²) in [7, 11) is 0. The second-order valence-corrected chi connectivity index (χ2v) is 5.63. The predicted octanol–water partition coefficient (Wildman–Crippen LogP) is 2.29. The van der Waals surface area contributed by atoms with Crippen molar-refractivity contribution in [2.45, 2.75) is 40.2 Å². The van der Waals surface area contributed by atoms with Gasteiger partial charge in [-0.1, -0.05) is 6.92 Å². The standard InChI is InChI=1S/C11H20O3S/c1-6-15-7-9(12)8(2)10(13)14-11(3,4)5/h8H,6-7H2,1-5H3. The molecule has 0 fully saturated rings. The summed E-state index contributed by atoms with van der Waals surface area (Å²) in [5, 5.41) is 0. The number of Topliss-reactive ketones (excluding diaryl/α,β-unsaturated/α-hetero) is 1. The highest BCUT2D eigenvalue weighted by molar-refractivity contribution is 7.99. The normalized spacial score (nSPS) is 13.4. The molecule has 0 aliphatic rings. The van der Waals surface area contributed by atoms with Crippen LogP contribution < -0.4 is 0 Å². The van der Waals surface area contributed by atoms with Gasteiger partial charge in [-0.05, 0) is 33.4 Å². The van der Waals surface area contributed by atoms with Crippen molar-refractivity contribution in [3.63, 3.8) is 0 Å². The molecule has 88 valence electrons. The molecule has 0 saturated carbocycles. The van der Waals surface area contributed by atoms with Crippen molar-refractivity contribution in [1.82, 2.24) is 0 Å². The van der Waals surface area contributed by atoms with Crippen LogP contribution in [0.15, 0.2) is 0 Å². The smallest absolute Gasteiger partial charge is 0.316 e. The van der Waals surface area contributed by atoms with Gasteiger partial charge in [-0.15, -0.1) is 0 Å². The zero-order valence-electron chi connectivity index (χ0n) is 10.1. The molecule has 0 saturated heterocycles. The Kier molecular flexibility index (Phi) is 5.95. The van der Waals surface area contributed by atoms with E-state index < -0.39 is 17.5 Å². The lowest BCUT2D eigenvalue weighted by Gasteiger charge is -2.21. The molecular formula is C11H20O3S. The first kappa shape index (κ1) is 14.5. The minimum atomic E-state index is -0.650. The van der Waals surface area contributed by atoms with Crippen molar-refractivity contribution < 1.29 is 14.3 Å². The van der Waals surface area contributed by atoms with Crippen LogP contribution in [0.4, 0.5) is 0 Å². The summed E-state index contributed by atoms with van der Waals surface area (Å²) < 4.78 is 5.13. The maximum atomic E-state index is 11.5. The quantitative estimate of drug-likeness (QED) is 0.539. The first-order chi connectivity index (χ1) is 6.78. The van der Waals surface area contributed by atoms with Crippen LogP contribution in [0.25, 0.3) is 0 Å². The van der Waals surface area contributed by atoms with E-state index in [2.05, 4.69) is 0 Å². The predicted molar refractivity (Wildman–Crippen MR) is 63.0 cm³/mol. The fraction of sp³-hybridized carbons (Fsp3) is 0.818. The summed E-state index contributed by atoms with van der Waals surface area (Å²) >= 11 is 1.52. The van der Waals surface area contributed by atoms with E-state index in [1.165, 1.54) is 11.8 Å². The summed E-state index contributed by atoms with van der Waals surface area (Å²) in [4.78, 5) is 23.0. The van der Waals surface area contributed by atoms with Crippen LogP contribution in [-0.4, -0.2) is 28.9 Å². The van der Waals surface area contributed by atoms with Gasteiger partial charge < -0.3 is 4.74 Å². The Morgan fingerprint density at radius 2 is 1.87 bits per heavy atom. The molecule has 0 N–H and O–H groups in total. The van der Waals surface area contributed by atoms with Crippen LogP contribution in [0.5, 0.6) is 0 Å². The Morgan fingerprint density at radius 1 is 1.33 bits per heavy atom. The van der Waals surface area contributed by atoms with Crippen LogP contribution in [-0.2, 0) is 14.3 Å². The van der Waals surface area contributed by atoms with Crippen LogP contribution >= 0.6 is 11.8 Å². The molecule has 0 radical (unpaired) electrons. The number of hydrogen-bond acceptors (Lipinski definition) is 4. The van der Waals surface area contributed by atoms with Gasteiger partial charge in [0.25, 0.3) is 0 Å². The highest BCUT2D eigenvalue weighted by Gasteiger charge is 2.26. The minimum Gasteiger partial charge on any atom is -0.459 e. The molecule has 0 heterocycles. The maximum absolute atomic E-state index is 11.5. The molecule has 0 amide bonds. The van der Waals surface area contributed by atoms with Crippen molar-refractivity contribution in [1.29, 1.82) is 0 Å². The number of rotatable bonds is 5. The number of carbonyl (C=O) groups is 2. The topological polar surface area (TPSA) is 43.4 Å². The third-order valence-electron chi connectivity index (χ3n) is 1.69. The van der Waals surface area contributed by atoms with Gasteiger partial charge in [-0.2, -0.15) is 11.8 Å². The summed E-state index contributed by atoms with van der Waals surface area (Å²) in [5.41, 5.74) is -0.524. The third kappa shape index (κ3) is 6.55. The van der Waals surface area contributed by atoms with Crippen LogP contribution in [0.2, 0.25) is 0 Å². The molecule has 0 rings (SSSR count). The van der Waals surface area contributed by atoms with Crippen molar-refractivity contribution in [3.05, 3.63) is 0 Å². The van der Waals surface area contributed by atoms with E-state index >= 15 is 0 Å². The van der Waals surface area contributed by atoms with Crippen molar-refractivity contribution >= 4 is 23.5 Å². The van der Waals surface area contributed by atoms with Crippen LogP contribution in [0.1, 0.15) is 34.6 Å². The van der Waals surface area contributed by atoms with Gasteiger partial charge in [0, 0.05) is 0 Å². The number of ketones is 1. The van der Waals surface area contributed by atoms with Crippen molar-refractivity contribution in [3.8, 4) is 0 Å². The summed E-state index contributed by atoms with van der Waals surface area (Å²) in [6, 6.07) is 0. The Balaban J connectivity index is 4.14. The van der Waals surface area contributed by atoms with Crippen molar-refractivity contribution in [2.75, 3.05) is 11.5 Å². The highest BCUT2D eigenvalue weighted by Crippen LogP contribution is 2.13. The molecule has 0 aromatic carbocycles. The largest absolute Gasteiger partial charge is 0.459 e. The van der Waals surface area contributed by atoms with E-state index in [0.29, 0.717) is 5.75 Å². The lowest BCUT2D eigenvalue weighted by molar-refractivity contribution is -0.160. The minimum absolute atomic E-state index is 0.0592. The highest BCUT2D eigenvalue weighted by atomic mass is 32.2. The summed E-state index contributed by atoms with van der Waals surface area (Å²) in [6.07, 6.45) is 0. The van der Waals surface area contributed by atoms with Crippen LogP contribution in [0.3, 0.4) is 0 Å². The molecule has 1 unspecified atom stereocenters. The second-order valence-electron chi connectivity index (χ2n) is 4.36. The number of carbonyl (C=O) groups excluding carboxylic acids is 2. The zero-order chi connectivity index (χ0) is 12.1. The maximum Gasteiger partial charge on any atom is 0.316 e. The fourth-order valence-electron chi connectivity index (χ4n) is 0.849. The van der Waals surface area contributed by atoms with E-state index in [4.69, 9.17) is 4.74 Å². The Labute approximate surface area is 95.9 Å². The van der Waals surface area contributed by atoms with Gasteiger partial charge in [-0.3, -0.25) is 9.59 Å². The summed E-state index contributed by atoms with van der Waals surface area (Å²) in [5.74, 6) is 0.132. The van der Waals surface area contributed by atoms with Gasteiger partial charge in [0.05, 0.1) is 5.75 Å². The van der Waals surface area contributed by atoms with E-state index in [1.54, 1.807) is 27.7 Å². The Bertz CT molecular complexity index is 230. The molecule has 0 aliphatic carbocycles. The van der Waals surface area contributed by atoms with E-state index in [9.17, 15) is 9.59 Å². The van der Waals surface area contributed by atoms with Crippen LogP contribution in [0, 0.1) is 5.92 Å². The number of thioether (sulfide) groups is 1. The van der Waals surface area contributed by atoms with E-state index in [1.807, 2.05) is 6.92 Å². The average molecular weight is 232 g/mol. The van der Waals surface area contributed by atoms with Gasteiger partial charge in [0.15, 0.2) is 5.78 Å². The third-order valence-corrected chi connectivity index (χ3v) is 2.59. The van der Waals surface area contributed by atoms with Gasteiger partial charge in [-0.25, -0.2) is 0 Å². The number of hydrogen-bond donors (Lipinski definition) is 0. The number of esters is 1. The van der Waals surface area contributed by atoms with Gasteiger partial charge in [0.1, 0.15) is 11.5 Å². The Hall–Kier alpha value is -0.510. The Morgan fingerprint density at radius 3 is 2.27 bits per heavy atom. The first-order valence-corrected chi connectivity index (χ1v) is 6.26. The van der Waals surface area contributed by atoms with E-state index in [-0.39, 0.29) is 5.78 Å². The first-order valence-electron chi connectivity index (χ1n) is 5.11. The second kappa shape index (κ2) is 6.16. The fourth-order valence-corrected chi connectivity index (χ4v) is 1.50. The molecule has 0 bridgehead atoms. The summed E-state index contributed by atoms with van der Waals surface area (Å²) in [6.45, 7) is 8.97. The molecule has 0 aliphatic heterocycles. The van der Waals surface area contributed by atoms with Crippen molar-refractivity contribution in [2.24, 2.45) is 5.92 Å². The lowest BCUT2D eigenvalue weighted by atomic mass is 10.1. The average Bonchev–Trinajstić information content (AvgIpc) is 2.10. The van der Waals surface area contributed by atoms with E-state index in [0.717, 1.165) is 5.75 Å². The molecule has 3 nitrogen and oxygen atoms in total. The molecular weight excluding hydrogens is 212 g/mol. The molecule has 15 heavy (non-hydrogen) atoms. The molecule has 4 heteroatoms. The zero-order valence-corrected chi connectivity index (χ0v) is 10.9. The molecule has 1 atom stereocenters. The molecule has 0 spiro atoms. The molecule has 0 aromatic heterocycles.